The Balaban J connectivity index is 3.02. The van der Waals surface area contributed by atoms with Gasteiger partial charge in [0.05, 0.1) is 11.6 Å². The first kappa shape index (κ1) is 12.2. The number of aryl methyl sites for hydroxylation is 1. The topological polar surface area (TPSA) is 39.2 Å². The van der Waals surface area contributed by atoms with E-state index >= 15 is 0 Å². The van der Waals surface area contributed by atoms with E-state index in [9.17, 15) is 4.79 Å². The molecule has 0 aliphatic heterocycles. The summed E-state index contributed by atoms with van der Waals surface area (Å²) in [6.07, 6.45) is 0. The number of thiazole rings is 1. The molecule has 0 spiro atoms. The molecular formula is C11H17NO2S. The molecule has 0 saturated carbocycles. The highest BCUT2D eigenvalue weighted by molar-refractivity contribution is 7.12. The molecule has 1 aromatic rings. The van der Waals surface area contributed by atoms with Gasteiger partial charge < -0.3 is 4.74 Å². The minimum atomic E-state index is -0.318. The van der Waals surface area contributed by atoms with Gasteiger partial charge in [-0.1, -0.05) is 20.8 Å². The van der Waals surface area contributed by atoms with E-state index in [0.29, 0.717) is 12.3 Å². The summed E-state index contributed by atoms with van der Waals surface area (Å²) in [5, 5.41) is 0.975. The lowest BCUT2D eigenvalue weighted by molar-refractivity contribution is 0.0519. The van der Waals surface area contributed by atoms with Gasteiger partial charge in [-0.05, 0) is 13.8 Å². The molecule has 0 amide bonds. The largest absolute Gasteiger partial charge is 0.461 e. The molecule has 3 nitrogen and oxygen atoms in total. The van der Waals surface area contributed by atoms with Crippen LogP contribution in [0.25, 0.3) is 0 Å². The van der Waals surface area contributed by atoms with Crippen molar-refractivity contribution >= 4 is 17.3 Å². The molecule has 0 aliphatic rings. The van der Waals surface area contributed by atoms with Crippen LogP contribution in [-0.2, 0) is 10.2 Å². The Labute approximate surface area is 94.5 Å². The maximum Gasteiger partial charge on any atom is 0.358 e. The molecule has 1 aromatic heterocycles. The second-order valence-corrected chi connectivity index (χ2v) is 5.60. The molecule has 0 aliphatic carbocycles. The lowest BCUT2D eigenvalue weighted by atomic mass is 9.98. The zero-order valence-electron chi connectivity index (χ0n) is 9.88. The van der Waals surface area contributed by atoms with Gasteiger partial charge in [-0.15, -0.1) is 11.3 Å². The molecule has 0 atom stereocenters. The van der Waals surface area contributed by atoms with Gasteiger partial charge in [0.1, 0.15) is 0 Å². The zero-order valence-corrected chi connectivity index (χ0v) is 10.7. The molecule has 0 unspecified atom stereocenters. The molecule has 1 rings (SSSR count). The summed E-state index contributed by atoms with van der Waals surface area (Å²) < 4.78 is 4.94. The van der Waals surface area contributed by atoms with Crippen LogP contribution in [0.4, 0.5) is 0 Å². The van der Waals surface area contributed by atoms with Gasteiger partial charge >= 0.3 is 5.97 Å². The van der Waals surface area contributed by atoms with E-state index in [1.54, 1.807) is 18.3 Å². The van der Waals surface area contributed by atoms with Crippen molar-refractivity contribution in [1.29, 1.82) is 0 Å². The fraction of sp³-hybridized carbons (Fsp3) is 0.636. The van der Waals surface area contributed by atoms with Crippen molar-refractivity contribution < 1.29 is 9.53 Å². The maximum atomic E-state index is 11.5. The summed E-state index contributed by atoms with van der Waals surface area (Å²) in [4.78, 5) is 16.8. The summed E-state index contributed by atoms with van der Waals surface area (Å²) in [7, 11) is 0. The summed E-state index contributed by atoms with van der Waals surface area (Å²) in [5.41, 5.74) is 0.451. The second kappa shape index (κ2) is 4.31. The lowest BCUT2D eigenvalue weighted by Gasteiger charge is -2.13. The number of nitrogens with zero attached hydrogens (tertiary/aromatic N) is 1. The summed E-state index contributed by atoms with van der Waals surface area (Å²) >= 11 is 1.56. The van der Waals surface area contributed by atoms with Gasteiger partial charge in [-0.3, -0.25) is 0 Å². The van der Waals surface area contributed by atoms with E-state index in [1.807, 2.05) is 6.92 Å². The number of hydrogen-bond acceptors (Lipinski definition) is 4. The number of carbonyl (C=O) groups is 1. The lowest BCUT2D eigenvalue weighted by Crippen LogP contribution is -2.12. The Bertz CT molecular complexity index is 363. The molecule has 0 saturated heterocycles. The first-order valence-corrected chi connectivity index (χ1v) is 5.83. The van der Waals surface area contributed by atoms with Crippen molar-refractivity contribution in [3.63, 3.8) is 0 Å². The molecule has 0 aromatic carbocycles. The van der Waals surface area contributed by atoms with E-state index in [1.165, 1.54) is 0 Å². The monoisotopic (exact) mass is 227 g/mol. The van der Waals surface area contributed by atoms with Crippen LogP contribution in [0.2, 0.25) is 0 Å². The highest BCUT2D eigenvalue weighted by atomic mass is 32.1. The van der Waals surface area contributed by atoms with Crippen LogP contribution in [0, 0.1) is 6.92 Å². The van der Waals surface area contributed by atoms with Crippen molar-refractivity contribution in [2.45, 2.75) is 40.0 Å². The first-order chi connectivity index (χ1) is 6.86. The van der Waals surface area contributed by atoms with E-state index in [4.69, 9.17) is 4.74 Å². The zero-order chi connectivity index (χ0) is 11.6. The van der Waals surface area contributed by atoms with Crippen LogP contribution in [0.15, 0.2) is 0 Å². The molecule has 15 heavy (non-hydrogen) atoms. The van der Waals surface area contributed by atoms with Crippen LogP contribution in [-0.4, -0.2) is 17.6 Å². The van der Waals surface area contributed by atoms with Crippen molar-refractivity contribution in [3.8, 4) is 0 Å². The SMILES string of the molecule is CCOC(=O)c1nc(C(C)(C)C)sc1C. The fourth-order valence-corrected chi connectivity index (χ4v) is 2.06. The Kier molecular flexibility index (Phi) is 3.50. The van der Waals surface area contributed by atoms with Gasteiger partial charge in [0, 0.05) is 10.3 Å². The summed E-state index contributed by atoms with van der Waals surface area (Å²) in [5.74, 6) is -0.318. The van der Waals surface area contributed by atoms with Crippen LogP contribution >= 0.6 is 11.3 Å². The normalized spacial score (nSPS) is 11.5. The summed E-state index contributed by atoms with van der Waals surface area (Å²) in [6.45, 7) is 10.3. The Hall–Kier alpha value is -0.900. The molecular weight excluding hydrogens is 210 g/mol. The Morgan fingerprint density at radius 1 is 1.47 bits per heavy atom. The number of hydrogen-bond donors (Lipinski definition) is 0. The Morgan fingerprint density at radius 2 is 2.07 bits per heavy atom. The van der Waals surface area contributed by atoms with Crippen LogP contribution in [0.3, 0.4) is 0 Å². The minimum absolute atomic E-state index is 0.0137. The number of esters is 1. The molecule has 84 valence electrons. The third kappa shape index (κ3) is 2.78. The van der Waals surface area contributed by atoms with Gasteiger partial charge in [-0.2, -0.15) is 0 Å². The van der Waals surface area contributed by atoms with E-state index in [-0.39, 0.29) is 11.4 Å². The van der Waals surface area contributed by atoms with Crippen molar-refractivity contribution in [1.82, 2.24) is 4.98 Å². The highest BCUT2D eigenvalue weighted by Gasteiger charge is 2.23. The third-order valence-corrected chi connectivity index (χ3v) is 3.30. The standard InChI is InChI=1S/C11H17NO2S/c1-6-14-9(13)8-7(2)15-10(12-8)11(3,4)5/h6H2,1-5H3. The number of rotatable bonds is 2. The molecule has 0 fully saturated rings. The molecule has 4 heteroatoms. The van der Waals surface area contributed by atoms with Gasteiger partial charge in [0.15, 0.2) is 5.69 Å². The highest BCUT2D eigenvalue weighted by Crippen LogP contribution is 2.29. The van der Waals surface area contributed by atoms with Gasteiger partial charge in [0.25, 0.3) is 0 Å². The first-order valence-electron chi connectivity index (χ1n) is 5.01. The third-order valence-electron chi connectivity index (χ3n) is 1.91. The maximum absolute atomic E-state index is 11.5. The summed E-state index contributed by atoms with van der Waals surface area (Å²) in [6, 6.07) is 0. The van der Waals surface area contributed by atoms with E-state index in [2.05, 4.69) is 25.8 Å². The smallest absolute Gasteiger partial charge is 0.358 e. The second-order valence-electron chi connectivity index (χ2n) is 4.39. The van der Waals surface area contributed by atoms with Crippen LogP contribution in [0.1, 0.15) is 48.1 Å². The van der Waals surface area contributed by atoms with Gasteiger partial charge in [0.2, 0.25) is 0 Å². The van der Waals surface area contributed by atoms with Crippen molar-refractivity contribution in [2.24, 2.45) is 0 Å². The quantitative estimate of drug-likeness (QED) is 0.729. The van der Waals surface area contributed by atoms with E-state index < -0.39 is 0 Å². The van der Waals surface area contributed by atoms with Crippen LogP contribution < -0.4 is 0 Å². The van der Waals surface area contributed by atoms with Gasteiger partial charge in [-0.25, -0.2) is 9.78 Å². The molecule has 1 heterocycles. The average Bonchev–Trinajstić information content (AvgIpc) is 2.47. The number of carbonyl (C=O) groups excluding carboxylic acids is 1. The van der Waals surface area contributed by atoms with Crippen LogP contribution in [0.5, 0.6) is 0 Å². The number of aromatic nitrogens is 1. The predicted octanol–water partition coefficient (Wildman–Crippen LogP) is 2.93. The van der Waals surface area contributed by atoms with E-state index in [0.717, 1.165) is 9.88 Å². The minimum Gasteiger partial charge on any atom is -0.461 e. The predicted molar refractivity (Wildman–Crippen MR) is 61.5 cm³/mol. The molecule has 0 bridgehead atoms. The molecule has 0 N–H and O–H groups in total. The fourth-order valence-electron chi connectivity index (χ4n) is 1.11. The van der Waals surface area contributed by atoms with Crippen molar-refractivity contribution in [3.05, 3.63) is 15.6 Å². The average molecular weight is 227 g/mol. The van der Waals surface area contributed by atoms with Crippen molar-refractivity contribution in [2.75, 3.05) is 6.61 Å². The Morgan fingerprint density at radius 3 is 2.47 bits per heavy atom. The number of ether oxygens (including phenoxy) is 1. The molecule has 0 radical (unpaired) electrons.